The minimum absolute atomic E-state index is 0.0275. The van der Waals surface area contributed by atoms with Crippen LogP contribution in [0.15, 0.2) is 42.5 Å². The van der Waals surface area contributed by atoms with Crippen LogP contribution in [0.2, 0.25) is 0 Å². The summed E-state index contributed by atoms with van der Waals surface area (Å²) in [6, 6.07) is 12.7. The molecule has 27 heavy (non-hydrogen) atoms. The van der Waals surface area contributed by atoms with Crippen LogP contribution in [0.5, 0.6) is 5.75 Å². The molecule has 0 spiro atoms. The molecule has 0 aliphatic rings. The summed E-state index contributed by atoms with van der Waals surface area (Å²) in [5, 5.41) is 2.88. The molecule has 6 nitrogen and oxygen atoms in total. The fourth-order valence-electron chi connectivity index (χ4n) is 2.82. The first-order valence-corrected chi connectivity index (χ1v) is 10.6. The van der Waals surface area contributed by atoms with Crippen molar-refractivity contribution in [2.75, 3.05) is 29.0 Å². The summed E-state index contributed by atoms with van der Waals surface area (Å²) in [4.78, 5) is 12.4. The van der Waals surface area contributed by atoms with E-state index >= 15 is 0 Å². The molecule has 0 aromatic heterocycles. The van der Waals surface area contributed by atoms with Gasteiger partial charge in [0, 0.05) is 18.7 Å². The van der Waals surface area contributed by atoms with Crippen LogP contribution in [-0.4, -0.2) is 33.7 Å². The summed E-state index contributed by atoms with van der Waals surface area (Å²) in [5.74, 6) is 0.232. The maximum Gasteiger partial charge on any atom is 0.232 e. The fraction of sp³-hybridized carbons (Fsp3) is 0.350. The maximum atomic E-state index is 12.4. The number of rotatable bonds is 8. The lowest BCUT2D eigenvalue weighted by Gasteiger charge is -2.24. The number of nitrogens with zero attached hydrogens (tertiary/aromatic N) is 1. The van der Waals surface area contributed by atoms with Gasteiger partial charge in [0.1, 0.15) is 5.75 Å². The highest BCUT2D eigenvalue weighted by molar-refractivity contribution is 7.92. The minimum atomic E-state index is -3.57. The van der Waals surface area contributed by atoms with Crippen LogP contribution in [0.25, 0.3) is 0 Å². The SMILES string of the molecule is CCOc1ccccc1N(CCC(=O)Nc1c(C)cccc1C)S(C)(=O)=O. The van der Waals surface area contributed by atoms with Gasteiger partial charge in [-0.1, -0.05) is 30.3 Å². The number of carbonyl (C=O) groups is 1. The van der Waals surface area contributed by atoms with Crippen LogP contribution in [-0.2, 0) is 14.8 Å². The molecule has 2 aromatic rings. The number of nitrogens with one attached hydrogen (secondary N) is 1. The third-order valence-corrected chi connectivity index (χ3v) is 5.30. The number of anilines is 2. The summed E-state index contributed by atoms with van der Waals surface area (Å²) in [6.45, 7) is 6.12. The zero-order valence-electron chi connectivity index (χ0n) is 16.2. The molecular weight excluding hydrogens is 364 g/mol. The van der Waals surface area contributed by atoms with E-state index in [1.807, 2.05) is 39.0 Å². The predicted molar refractivity (Wildman–Crippen MR) is 109 cm³/mol. The molecule has 146 valence electrons. The highest BCUT2D eigenvalue weighted by atomic mass is 32.2. The summed E-state index contributed by atoms with van der Waals surface area (Å²) in [6.07, 6.45) is 1.15. The van der Waals surface area contributed by atoms with Gasteiger partial charge >= 0.3 is 0 Å². The standard InChI is InChI=1S/C20H26N2O4S/c1-5-26-18-12-7-6-11-17(18)22(27(4,24)25)14-13-19(23)21-20-15(2)9-8-10-16(20)3/h6-12H,5,13-14H2,1-4H3,(H,21,23). The molecule has 2 aromatic carbocycles. The topological polar surface area (TPSA) is 75.7 Å². The van der Waals surface area contributed by atoms with Crippen LogP contribution in [0.3, 0.4) is 0 Å². The van der Waals surface area contributed by atoms with E-state index in [1.165, 1.54) is 4.31 Å². The van der Waals surface area contributed by atoms with Crippen LogP contribution in [0, 0.1) is 13.8 Å². The molecule has 0 unspecified atom stereocenters. The molecule has 0 saturated carbocycles. The molecule has 0 atom stereocenters. The quantitative estimate of drug-likeness (QED) is 0.749. The summed E-state index contributed by atoms with van der Waals surface area (Å²) < 4.78 is 31.4. The van der Waals surface area contributed by atoms with Crippen LogP contribution in [0.4, 0.5) is 11.4 Å². The zero-order chi connectivity index (χ0) is 20.0. The Balaban J connectivity index is 2.18. The molecule has 0 aliphatic carbocycles. The third-order valence-electron chi connectivity index (χ3n) is 4.12. The molecular formula is C20H26N2O4S. The van der Waals surface area contributed by atoms with Crippen molar-refractivity contribution in [3.8, 4) is 5.75 Å². The van der Waals surface area contributed by atoms with Gasteiger partial charge in [0.05, 0.1) is 18.6 Å². The Bertz CT molecular complexity index is 890. The van der Waals surface area contributed by atoms with Crippen LogP contribution >= 0.6 is 0 Å². The number of hydrogen-bond acceptors (Lipinski definition) is 4. The van der Waals surface area contributed by atoms with Gasteiger partial charge in [0.25, 0.3) is 0 Å². The van der Waals surface area contributed by atoms with Gasteiger partial charge in [-0.3, -0.25) is 9.10 Å². The average Bonchev–Trinajstić information content (AvgIpc) is 2.59. The number of aryl methyl sites for hydroxylation is 2. The molecule has 2 rings (SSSR count). The van der Waals surface area contributed by atoms with E-state index in [4.69, 9.17) is 4.74 Å². The lowest BCUT2D eigenvalue weighted by Crippen LogP contribution is -2.33. The summed E-state index contributed by atoms with van der Waals surface area (Å²) in [5.41, 5.74) is 3.12. The molecule has 0 bridgehead atoms. The van der Waals surface area contributed by atoms with Gasteiger partial charge in [0.15, 0.2) is 0 Å². The number of para-hydroxylation sites is 3. The van der Waals surface area contributed by atoms with Gasteiger partial charge in [-0.25, -0.2) is 8.42 Å². The Morgan fingerprint density at radius 1 is 1.07 bits per heavy atom. The van der Waals surface area contributed by atoms with Gasteiger partial charge < -0.3 is 10.1 Å². The number of sulfonamides is 1. The van der Waals surface area contributed by atoms with Crippen molar-refractivity contribution in [2.45, 2.75) is 27.2 Å². The van der Waals surface area contributed by atoms with Gasteiger partial charge in [-0.2, -0.15) is 0 Å². The first-order valence-electron chi connectivity index (χ1n) is 8.79. The minimum Gasteiger partial charge on any atom is -0.492 e. The van der Waals surface area contributed by atoms with E-state index in [0.29, 0.717) is 18.0 Å². The summed E-state index contributed by atoms with van der Waals surface area (Å²) in [7, 11) is -3.57. The molecule has 1 N–H and O–H groups in total. The van der Waals surface area contributed by atoms with Crippen molar-refractivity contribution >= 4 is 27.3 Å². The molecule has 0 radical (unpaired) electrons. The lowest BCUT2D eigenvalue weighted by atomic mass is 10.1. The van der Waals surface area contributed by atoms with E-state index in [0.717, 1.165) is 23.1 Å². The summed E-state index contributed by atoms with van der Waals surface area (Å²) >= 11 is 0. The van der Waals surface area contributed by atoms with E-state index in [9.17, 15) is 13.2 Å². The Kier molecular flexibility index (Phi) is 6.85. The normalized spacial score (nSPS) is 11.1. The molecule has 1 amide bonds. The Labute approximate surface area is 161 Å². The molecule has 0 saturated heterocycles. The smallest absolute Gasteiger partial charge is 0.232 e. The highest BCUT2D eigenvalue weighted by Crippen LogP contribution is 2.30. The number of carbonyl (C=O) groups excluding carboxylic acids is 1. The Hall–Kier alpha value is -2.54. The molecule has 0 fully saturated rings. The Morgan fingerprint density at radius 3 is 2.30 bits per heavy atom. The van der Waals surface area contributed by atoms with Crippen molar-refractivity contribution in [1.82, 2.24) is 0 Å². The van der Waals surface area contributed by atoms with E-state index in [1.54, 1.807) is 24.3 Å². The van der Waals surface area contributed by atoms with Crippen LogP contribution < -0.4 is 14.4 Å². The van der Waals surface area contributed by atoms with Gasteiger partial charge in [0.2, 0.25) is 15.9 Å². The van der Waals surface area contributed by atoms with E-state index in [-0.39, 0.29) is 18.9 Å². The largest absolute Gasteiger partial charge is 0.492 e. The second-order valence-electron chi connectivity index (χ2n) is 6.30. The number of hydrogen-bond donors (Lipinski definition) is 1. The molecule has 0 heterocycles. The van der Waals surface area contributed by atoms with Crippen molar-refractivity contribution in [2.24, 2.45) is 0 Å². The van der Waals surface area contributed by atoms with Gasteiger partial charge in [-0.05, 0) is 44.0 Å². The van der Waals surface area contributed by atoms with Crippen molar-refractivity contribution in [3.63, 3.8) is 0 Å². The number of amides is 1. The van der Waals surface area contributed by atoms with E-state index in [2.05, 4.69) is 5.32 Å². The maximum absolute atomic E-state index is 12.4. The lowest BCUT2D eigenvalue weighted by molar-refractivity contribution is -0.116. The molecule has 7 heteroatoms. The highest BCUT2D eigenvalue weighted by Gasteiger charge is 2.22. The number of ether oxygens (including phenoxy) is 1. The second-order valence-corrected chi connectivity index (χ2v) is 8.21. The zero-order valence-corrected chi connectivity index (χ0v) is 17.0. The average molecular weight is 391 g/mol. The monoisotopic (exact) mass is 390 g/mol. The first kappa shape index (κ1) is 20.8. The number of benzene rings is 2. The third kappa shape index (κ3) is 5.47. The van der Waals surface area contributed by atoms with Crippen molar-refractivity contribution < 1.29 is 17.9 Å². The molecule has 0 aliphatic heterocycles. The first-order chi connectivity index (χ1) is 12.7. The fourth-order valence-corrected chi connectivity index (χ4v) is 3.75. The second kappa shape index (κ2) is 8.90. The predicted octanol–water partition coefficient (Wildman–Crippen LogP) is 3.50. The van der Waals surface area contributed by atoms with Crippen LogP contribution in [0.1, 0.15) is 24.5 Å². The Morgan fingerprint density at radius 2 is 1.70 bits per heavy atom. The van der Waals surface area contributed by atoms with Gasteiger partial charge in [-0.15, -0.1) is 0 Å². The van der Waals surface area contributed by atoms with Crippen molar-refractivity contribution in [1.29, 1.82) is 0 Å². The van der Waals surface area contributed by atoms with Crippen molar-refractivity contribution in [3.05, 3.63) is 53.6 Å². The van der Waals surface area contributed by atoms with E-state index < -0.39 is 10.0 Å².